The molecule has 3 nitrogen and oxygen atoms in total. The summed E-state index contributed by atoms with van der Waals surface area (Å²) in [6.45, 7) is 1.93. The van der Waals surface area contributed by atoms with Crippen LogP contribution in [0.5, 0.6) is 0 Å². The molecule has 0 unspecified atom stereocenters. The molecule has 4 heteroatoms. The van der Waals surface area contributed by atoms with Crippen molar-refractivity contribution in [3.05, 3.63) is 27.1 Å². The van der Waals surface area contributed by atoms with Crippen LogP contribution in [0.4, 0.5) is 0 Å². The van der Waals surface area contributed by atoms with Crippen LogP contribution in [0.3, 0.4) is 0 Å². The van der Waals surface area contributed by atoms with Crippen molar-refractivity contribution in [1.82, 2.24) is 9.55 Å². The second-order valence-corrected chi connectivity index (χ2v) is 4.17. The molecule has 1 aromatic carbocycles. The van der Waals surface area contributed by atoms with Crippen molar-refractivity contribution in [3.63, 3.8) is 0 Å². The normalized spacial score (nSPS) is 10.8. The van der Waals surface area contributed by atoms with Crippen LogP contribution in [0, 0.1) is 10.8 Å². The molecule has 1 heterocycles. The van der Waals surface area contributed by atoms with Crippen LogP contribution in [0.25, 0.3) is 11.0 Å². The molecule has 0 aliphatic carbocycles. The van der Waals surface area contributed by atoms with E-state index in [1.54, 1.807) is 0 Å². The molecular formula is C10H9IN2O. The lowest BCUT2D eigenvalue weighted by Gasteiger charge is -1.99. The summed E-state index contributed by atoms with van der Waals surface area (Å²) >= 11 is 2.18. The van der Waals surface area contributed by atoms with Crippen molar-refractivity contribution in [3.8, 4) is 0 Å². The summed E-state index contributed by atoms with van der Waals surface area (Å²) in [5.74, 6) is 0. The number of nitrogens with zero attached hydrogens (tertiary/aromatic N) is 2. The lowest BCUT2D eigenvalue weighted by atomic mass is 10.1. The highest BCUT2D eigenvalue weighted by Crippen LogP contribution is 2.21. The van der Waals surface area contributed by atoms with Crippen molar-refractivity contribution in [1.29, 1.82) is 0 Å². The van der Waals surface area contributed by atoms with E-state index in [1.807, 2.05) is 30.7 Å². The van der Waals surface area contributed by atoms with Gasteiger partial charge in [-0.15, -0.1) is 0 Å². The predicted molar refractivity (Wildman–Crippen MR) is 63.6 cm³/mol. The molecule has 0 radical (unpaired) electrons. The molecular weight excluding hydrogens is 291 g/mol. The third-order valence-electron chi connectivity index (χ3n) is 2.42. The molecule has 0 aliphatic rings. The number of hydrogen-bond donors (Lipinski definition) is 0. The van der Waals surface area contributed by atoms with E-state index in [-0.39, 0.29) is 0 Å². The summed E-state index contributed by atoms with van der Waals surface area (Å²) < 4.78 is 2.95. The summed E-state index contributed by atoms with van der Waals surface area (Å²) in [6.07, 6.45) is 0.871. The zero-order valence-corrected chi connectivity index (χ0v) is 10.1. The molecule has 0 fully saturated rings. The van der Waals surface area contributed by atoms with E-state index in [9.17, 15) is 4.79 Å². The molecule has 14 heavy (non-hydrogen) atoms. The maximum Gasteiger partial charge on any atom is 0.172 e. The first-order valence-corrected chi connectivity index (χ1v) is 5.29. The van der Waals surface area contributed by atoms with Gasteiger partial charge < -0.3 is 4.57 Å². The van der Waals surface area contributed by atoms with Gasteiger partial charge in [-0.2, -0.15) is 0 Å². The number of aryl methyl sites for hydroxylation is 2. The predicted octanol–water partition coefficient (Wildman–Crippen LogP) is 2.30. The van der Waals surface area contributed by atoms with E-state index in [0.717, 1.165) is 26.7 Å². The summed E-state index contributed by atoms with van der Waals surface area (Å²) in [6, 6.07) is 3.77. The second kappa shape index (κ2) is 3.34. The average Bonchev–Trinajstić information content (AvgIpc) is 2.46. The Morgan fingerprint density at radius 3 is 2.86 bits per heavy atom. The Hall–Kier alpha value is -0.910. The first kappa shape index (κ1) is 9.64. The highest BCUT2D eigenvalue weighted by atomic mass is 127. The smallest absolute Gasteiger partial charge is 0.172 e. The first-order valence-electron chi connectivity index (χ1n) is 4.22. The number of hydrogen-bond acceptors (Lipinski definition) is 2. The van der Waals surface area contributed by atoms with E-state index in [2.05, 4.69) is 27.6 Å². The molecule has 72 valence electrons. The van der Waals surface area contributed by atoms with Gasteiger partial charge in [-0.3, -0.25) is 4.79 Å². The summed E-state index contributed by atoms with van der Waals surface area (Å²) in [7, 11) is 1.97. The van der Waals surface area contributed by atoms with Gasteiger partial charge in [0.05, 0.1) is 11.0 Å². The van der Waals surface area contributed by atoms with Gasteiger partial charge >= 0.3 is 0 Å². The molecule has 2 rings (SSSR count). The van der Waals surface area contributed by atoms with Gasteiger partial charge in [0.25, 0.3) is 0 Å². The number of rotatable bonds is 1. The number of imidazole rings is 1. The lowest BCUT2D eigenvalue weighted by molar-refractivity contribution is 0.112. The Bertz CT molecular complexity index is 516. The van der Waals surface area contributed by atoms with Gasteiger partial charge in [-0.25, -0.2) is 4.98 Å². The number of carbonyl (C=O) groups is 1. The Labute approximate surface area is 95.3 Å². The van der Waals surface area contributed by atoms with Crippen LogP contribution in [-0.2, 0) is 7.05 Å². The Kier molecular flexibility index (Phi) is 2.30. The zero-order chi connectivity index (χ0) is 10.3. The molecule has 0 bridgehead atoms. The SMILES string of the molecule is Cc1c(C=O)ccc2c1nc(I)n2C. The van der Waals surface area contributed by atoms with Gasteiger partial charge in [-0.1, -0.05) is 0 Å². The lowest BCUT2D eigenvalue weighted by Crippen LogP contribution is -1.91. The fraction of sp³-hybridized carbons (Fsp3) is 0.200. The minimum atomic E-state index is 0.715. The molecule has 0 spiro atoms. The van der Waals surface area contributed by atoms with Crippen LogP contribution in [0.15, 0.2) is 12.1 Å². The number of fused-ring (bicyclic) bond motifs is 1. The monoisotopic (exact) mass is 300 g/mol. The molecule has 0 aliphatic heterocycles. The molecule has 1 aromatic heterocycles. The van der Waals surface area contributed by atoms with Crippen LogP contribution >= 0.6 is 22.6 Å². The topological polar surface area (TPSA) is 34.9 Å². The van der Waals surface area contributed by atoms with E-state index in [4.69, 9.17) is 0 Å². The summed E-state index contributed by atoms with van der Waals surface area (Å²) in [5, 5.41) is 0. The third kappa shape index (κ3) is 1.25. The molecule has 0 atom stereocenters. The van der Waals surface area contributed by atoms with E-state index >= 15 is 0 Å². The Balaban J connectivity index is 2.90. The number of aldehydes is 1. The van der Waals surface area contributed by atoms with Gasteiger partial charge in [-0.05, 0) is 47.2 Å². The molecule has 0 N–H and O–H groups in total. The minimum Gasteiger partial charge on any atom is -0.322 e. The highest BCUT2D eigenvalue weighted by Gasteiger charge is 2.09. The van der Waals surface area contributed by atoms with E-state index in [1.165, 1.54) is 0 Å². The van der Waals surface area contributed by atoms with Gasteiger partial charge in [0.2, 0.25) is 0 Å². The van der Waals surface area contributed by atoms with Gasteiger partial charge in [0, 0.05) is 12.6 Å². The molecule has 0 saturated heterocycles. The van der Waals surface area contributed by atoms with Crippen LogP contribution in [-0.4, -0.2) is 15.8 Å². The van der Waals surface area contributed by atoms with Crippen LogP contribution in [0.1, 0.15) is 15.9 Å². The zero-order valence-electron chi connectivity index (χ0n) is 7.91. The average molecular weight is 300 g/mol. The summed E-state index contributed by atoms with van der Waals surface area (Å²) in [5.41, 5.74) is 3.65. The maximum atomic E-state index is 10.7. The fourth-order valence-corrected chi connectivity index (χ4v) is 2.01. The van der Waals surface area contributed by atoms with Crippen molar-refractivity contribution >= 4 is 39.9 Å². The Morgan fingerprint density at radius 2 is 2.21 bits per heavy atom. The largest absolute Gasteiger partial charge is 0.322 e. The molecule has 2 aromatic rings. The number of aromatic nitrogens is 2. The van der Waals surface area contributed by atoms with E-state index < -0.39 is 0 Å². The molecule has 0 saturated carbocycles. The summed E-state index contributed by atoms with van der Waals surface area (Å²) in [4.78, 5) is 15.1. The first-order chi connectivity index (χ1) is 6.65. The minimum absolute atomic E-state index is 0.715. The van der Waals surface area contributed by atoms with Crippen LogP contribution in [0.2, 0.25) is 0 Å². The van der Waals surface area contributed by atoms with Gasteiger partial charge in [0.15, 0.2) is 3.83 Å². The highest BCUT2D eigenvalue weighted by molar-refractivity contribution is 14.1. The van der Waals surface area contributed by atoms with Crippen molar-refractivity contribution < 1.29 is 4.79 Å². The van der Waals surface area contributed by atoms with Crippen molar-refractivity contribution in [2.24, 2.45) is 7.05 Å². The van der Waals surface area contributed by atoms with Crippen molar-refractivity contribution in [2.75, 3.05) is 0 Å². The fourth-order valence-electron chi connectivity index (χ4n) is 1.51. The standard InChI is InChI=1S/C10H9IN2O/c1-6-7(5-14)3-4-8-9(6)12-10(11)13(8)2/h3-5H,1-2H3. The van der Waals surface area contributed by atoms with Gasteiger partial charge in [0.1, 0.15) is 6.29 Å². The third-order valence-corrected chi connectivity index (χ3v) is 3.39. The number of benzene rings is 1. The second-order valence-electron chi connectivity index (χ2n) is 3.21. The number of carbonyl (C=O) groups excluding carboxylic acids is 1. The number of halogens is 1. The van der Waals surface area contributed by atoms with Crippen LogP contribution < -0.4 is 0 Å². The van der Waals surface area contributed by atoms with Crippen molar-refractivity contribution in [2.45, 2.75) is 6.92 Å². The Morgan fingerprint density at radius 1 is 1.50 bits per heavy atom. The quantitative estimate of drug-likeness (QED) is 0.598. The van der Waals surface area contributed by atoms with E-state index in [0.29, 0.717) is 5.56 Å². The maximum absolute atomic E-state index is 10.7. The molecule has 0 amide bonds.